The first-order valence-corrected chi connectivity index (χ1v) is 12.6. The number of nitrogens with zero attached hydrogens (tertiary/aromatic N) is 3. The van der Waals surface area contributed by atoms with Gasteiger partial charge < -0.3 is 24.4 Å². The highest BCUT2D eigenvalue weighted by molar-refractivity contribution is 6.34. The molecule has 0 saturated heterocycles. The van der Waals surface area contributed by atoms with E-state index in [1.165, 1.54) is 24.6 Å². The average molecular weight is 517 g/mol. The summed E-state index contributed by atoms with van der Waals surface area (Å²) in [7, 11) is 3.13. The van der Waals surface area contributed by atoms with Crippen LogP contribution in [0.5, 0.6) is 17.2 Å². The molecule has 0 amide bonds. The molecule has 0 unspecified atom stereocenters. The molecule has 198 valence electrons. The number of nitrogens with one attached hydrogen (secondary N) is 1. The molecule has 9 heteroatoms. The third kappa shape index (κ3) is 6.00. The number of fused-ring (bicyclic) bond motifs is 1. The fourth-order valence-electron chi connectivity index (χ4n) is 4.28. The van der Waals surface area contributed by atoms with Crippen LogP contribution in [0.15, 0.2) is 54.9 Å². The van der Waals surface area contributed by atoms with E-state index < -0.39 is 0 Å². The Morgan fingerprint density at radius 3 is 2.50 bits per heavy atom. The van der Waals surface area contributed by atoms with Crippen LogP contribution in [-0.2, 0) is 9.59 Å². The highest BCUT2D eigenvalue weighted by Gasteiger charge is 2.20. The summed E-state index contributed by atoms with van der Waals surface area (Å²) in [5.74, 6) is 1.72. The van der Waals surface area contributed by atoms with E-state index in [9.17, 15) is 9.59 Å². The van der Waals surface area contributed by atoms with Crippen molar-refractivity contribution in [2.75, 3.05) is 45.8 Å². The molecule has 0 fully saturated rings. The molecular weight excluding hydrogens is 484 g/mol. The van der Waals surface area contributed by atoms with Crippen LogP contribution in [0.1, 0.15) is 25.8 Å². The topological polar surface area (TPSA) is 103 Å². The maximum atomic E-state index is 12.6. The number of rotatable bonds is 12. The van der Waals surface area contributed by atoms with E-state index in [0.29, 0.717) is 51.8 Å². The Morgan fingerprint density at radius 1 is 0.947 bits per heavy atom. The van der Waals surface area contributed by atoms with Crippen molar-refractivity contribution in [2.45, 2.75) is 20.3 Å². The van der Waals surface area contributed by atoms with Crippen LogP contribution in [0.2, 0.25) is 0 Å². The Labute approximate surface area is 222 Å². The number of ether oxygens (including phenoxy) is 3. The Hall–Kier alpha value is -4.24. The van der Waals surface area contributed by atoms with Gasteiger partial charge in [0, 0.05) is 34.8 Å². The molecule has 0 atom stereocenters. The maximum Gasteiger partial charge on any atom is 0.186 e. The highest BCUT2D eigenvalue weighted by Crippen LogP contribution is 2.37. The zero-order valence-electron chi connectivity index (χ0n) is 22.1. The van der Waals surface area contributed by atoms with Gasteiger partial charge in [0.15, 0.2) is 23.1 Å². The number of carbonyl (C=O) groups excluding carboxylic acids is 2. The molecule has 4 rings (SSSR count). The van der Waals surface area contributed by atoms with Crippen LogP contribution < -0.4 is 19.5 Å². The number of methoxy groups -OCH3 is 2. The first kappa shape index (κ1) is 26.8. The molecule has 0 bridgehead atoms. The van der Waals surface area contributed by atoms with Crippen molar-refractivity contribution in [3.05, 3.63) is 60.5 Å². The number of aromatic nitrogens is 2. The molecule has 0 radical (unpaired) electrons. The van der Waals surface area contributed by atoms with Gasteiger partial charge in [-0.1, -0.05) is 13.8 Å². The smallest absolute Gasteiger partial charge is 0.186 e. The largest absolute Gasteiger partial charge is 0.497 e. The van der Waals surface area contributed by atoms with Gasteiger partial charge in [0.2, 0.25) is 0 Å². The van der Waals surface area contributed by atoms with E-state index in [1.807, 2.05) is 12.1 Å². The van der Waals surface area contributed by atoms with Crippen LogP contribution in [0.25, 0.3) is 16.5 Å². The lowest BCUT2D eigenvalue weighted by atomic mass is 9.94. The summed E-state index contributed by atoms with van der Waals surface area (Å²) in [6.07, 6.45) is 6.21. The van der Waals surface area contributed by atoms with Crippen molar-refractivity contribution in [2.24, 2.45) is 0 Å². The molecule has 38 heavy (non-hydrogen) atoms. The van der Waals surface area contributed by atoms with Crippen molar-refractivity contribution >= 4 is 39.5 Å². The Morgan fingerprint density at radius 2 is 1.76 bits per heavy atom. The second-order valence-electron chi connectivity index (χ2n) is 8.67. The van der Waals surface area contributed by atoms with Gasteiger partial charge in [-0.15, -0.1) is 0 Å². The minimum atomic E-state index is -0.266. The van der Waals surface area contributed by atoms with E-state index in [4.69, 9.17) is 14.2 Å². The maximum absolute atomic E-state index is 12.6. The number of ketones is 2. The summed E-state index contributed by atoms with van der Waals surface area (Å²) < 4.78 is 17.0. The van der Waals surface area contributed by atoms with Gasteiger partial charge in [-0.05, 0) is 62.0 Å². The van der Waals surface area contributed by atoms with Gasteiger partial charge >= 0.3 is 0 Å². The third-order valence-corrected chi connectivity index (χ3v) is 6.41. The second kappa shape index (κ2) is 12.3. The lowest BCUT2D eigenvalue weighted by Crippen LogP contribution is -2.25. The van der Waals surface area contributed by atoms with Gasteiger partial charge in [-0.2, -0.15) is 0 Å². The predicted molar refractivity (Wildman–Crippen MR) is 147 cm³/mol. The first-order chi connectivity index (χ1) is 18.5. The third-order valence-electron chi connectivity index (χ3n) is 6.41. The number of carbonyl (C=O) groups is 2. The van der Waals surface area contributed by atoms with Crippen molar-refractivity contribution in [1.82, 2.24) is 14.9 Å². The van der Waals surface area contributed by atoms with Crippen LogP contribution >= 0.6 is 0 Å². The van der Waals surface area contributed by atoms with Gasteiger partial charge in [0.1, 0.15) is 17.9 Å². The molecule has 2 aromatic carbocycles. The zero-order chi connectivity index (χ0) is 27.1. The fourth-order valence-corrected chi connectivity index (χ4v) is 4.28. The van der Waals surface area contributed by atoms with Gasteiger partial charge in [0.05, 0.1) is 26.3 Å². The minimum Gasteiger partial charge on any atom is -0.497 e. The summed E-state index contributed by atoms with van der Waals surface area (Å²) in [5.41, 5.74) is 2.06. The molecule has 1 aromatic heterocycles. The monoisotopic (exact) mass is 516 g/mol. The summed E-state index contributed by atoms with van der Waals surface area (Å²) in [6, 6.07) is 8.93. The summed E-state index contributed by atoms with van der Waals surface area (Å²) in [6.45, 7) is 7.84. The van der Waals surface area contributed by atoms with Crippen LogP contribution in [-0.4, -0.2) is 66.9 Å². The van der Waals surface area contributed by atoms with Gasteiger partial charge in [-0.25, -0.2) is 9.97 Å². The number of allylic oxidation sites excluding steroid dienone is 4. The lowest BCUT2D eigenvalue weighted by Gasteiger charge is -2.18. The predicted octanol–water partition coefficient (Wildman–Crippen LogP) is 4.59. The van der Waals surface area contributed by atoms with E-state index in [0.717, 1.165) is 26.1 Å². The molecule has 0 spiro atoms. The lowest BCUT2D eigenvalue weighted by molar-refractivity contribution is -0.113. The zero-order valence-corrected chi connectivity index (χ0v) is 22.1. The summed E-state index contributed by atoms with van der Waals surface area (Å²) >= 11 is 0. The van der Waals surface area contributed by atoms with Crippen LogP contribution in [0.3, 0.4) is 0 Å². The second-order valence-corrected chi connectivity index (χ2v) is 8.67. The summed E-state index contributed by atoms with van der Waals surface area (Å²) in [4.78, 5) is 35.9. The minimum absolute atomic E-state index is 0.254. The number of hydrogen-bond donors (Lipinski definition) is 1. The van der Waals surface area contributed by atoms with Crippen molar-refractivity contribution in [1.29, 1.82) is 0 Å². The molecule has 1 N–H and O–H groups in total. The van der Waals surface area contributed by atoms with E-state index in [-0.39, 0.29) is 17.1 Å². The Bertz CT molecular complexity index is 1400. The molecule has 1 aliphatic carbocycles. The van der Waals surface area contributed by atoms with E-state index in [1.54, 1.807) is 32.4 Å². The number of anilines is 2. The van der Waals surface area contributed by atoms with Crippen molar-refractivity contribution in [3.63, 3.8) is 0 Å². The Balaban J connectivity index is 1.65. The highest BCUT2D eigenvalue weighted by atomic mass is 16.5. The first-order valence-electron chi connectivity index (χ1n) is 12.6. The quantitative estimate of drug-likeness (QED) is 0.273. The molecular formula is C29H32N4O5. The Kier molecular flexibility index (Phi) is 8.70. The molecule has 0 aliphatic heterocycles. The SMILES string of the molecule is CCN(CC)CCCOc1cc2ncnc(Nc3ccc(OC)cc3C3=CC(=O)C=CC3=O)c2cc1OC. The number of hydrogen-bond acceptors (Lipinski definition) is 9. The summed E-state index contributed by atoms with van der Waals surface area (Å²) in [5, 5.41) is 4.02. The van der Waals surface area contributed by atoms with Crippen LogP contribution in [0.4, 0.5) is 11.5 Å². The standard InChI is InChI=1S/C29H32N4O5/c1-5-33(6-2)12-7-13-38-28-17-25-23(16-27(28)37-4)29(31-18-30-25)32-24-10-9-20(36-3)15-21(24)22-14-19(34)8-11-26(22)35/h8-11,14-18H,5-7,12-13H2,1-4H3,(H,30,31,32). The molecule has 1 heterocycles. The van der Waals surface area contributed by atoms with Gasteiger partial charge in [-0.3, -0.25) is 9.59 Å². The molecule has 3 aromatic rings. The van der Waals surface area contributed by atoms with Gasteiger partial charge in [0.25, 0.3) is 0 Å². The van der Waals surface area contributed by atoms with Crippen molar-refractivity contribution in [3.8, 4) is 17.2 Å². The molecule has 0 saturated carbocycles. The van der Waals surface area contributed by atoms with Crippen LogP contribution in [0, 0.1) is 0 Å². The average Bonchev–Trinajstić information content (AvgIpc) is 2.94. The number of benzene rings is 2. The van der Waals surface area contributed by atoms with Crippen molar-refractivity contribution < 1.29 is 23.8 Å². The molecule has 1 aliphatic rings. The normalized spacial score (nSPS) is 13.1. The van der Waals surface area contributed by atoms with E-state index >= 15 is 0 Å². The van der Waals surface area contributed by atoms with E-state index in [2.05, 4.69) is 34.0 Å². The fraction of sp³-hybridized carbons (Fsp3) is 0.310. The molecule has 9 nitrogen and oxygen atoms in total.